The Morgan fingerprint density at radius 2 is 1.19 bits per heavy atom. The lowest BCUT2D eigenvalue weighted by molar-refractivity contribution is -0.278. The molecule has 0 saturated carbocycles. The van der Waals surface area contributed by atoms with Crippen LogP contribution in [0.2, 0.25) is 0 Å². The van der Waals surface area contributed by atoms with Crippen LogP contribution in [0.25, 0.3) is 0 Å². The predicted molar refractivity (Wildman–Crippen MR) is 180 cm³/mol. The molecule has 2 heterocycles. The highest BCUT2D eigenvalue weighted by Gasteiger charge is 2.56. The Morgan fingerprint density at radius 1 is 0.708 bits per heavy atom. The summed E-state index contributed by atoms with van der Waals surface area (Å²) in [5, 5.41) is 0. The van der Waals surface area contributed by atoms with E-state index in [1.807, 2.05) is 6.08 Å². The van der Waals surface area contributed by atoms with Crippen molar-refractivity contribution in [1.82, 2.24) is 4.90 Å². The van der Waals surface area contributed by atoms with Gasteiger partial charge in [-0.2, -0.15) is 0 Å². The van der Waals surface area contributed by atoms with Crippen molar-refractivity contribution < 1.29 is 47.7 Å². The molecule has 6 atom stereocenters. The van der Waals surface area contributed by atoms with Crippen LogP contribution in [0.1, 0.15) is 129 Å². The van der Waals surface area contributed by atoms with Gasteiger partial charge in [-0.1, -0.05) is 38.7 Å². The number of hydrogen-bond acceptors (Lipinski definition) is 10. The second kappa shape index (κ2) is 16.2. The third-order valence-corrected chi connectivity index (χ3v) is 8.11. The minimum atomic E-state index is -1.42. The highest BCUT2D eigenvalue weighted by Crippen LogP contribution is 2.37. The third-order valence-electron chi connectivity index (χ3n) is 8.11. The van der Waals surface area contributed by atoms with Gasteiger partial charge in [-0.3, -0.25) is 28.9 Å². The lowest BCUT2D eigenvalue weighted by Gasteiger charge is -2.48. The van der Waals surface area contributed by atoms with Crippen molar-refractivity contribution in [1.29, 1.82) is 0 Å². The van der Waals surface area contributed by atoms with Crippen molar-refractivity contribution >= 4 is 29.8 Å². The maximum atomic E-state index is 13.8. The van der Waals surface area contributed by atoms with Crippen LogP contribution in [0.15, 0.2) is 12.3 Å². The molecule has 0 unspecified atom stereocenters. The van der Waals surface area contributed by atoms with Crippen LogP contribution < -0.4 is 0 Å². The van der Waals surface area contributed by atoms with Crippen LogP contribution in [0, 0.1) is 27.6 Å². The van der Waals surface area contributed by atoms with Gasteiger partial charge < -0.3 is 23.7 Å². The summed E-state index contributed by atoms with van der Waals surface area (Å²) in [6, 6.07) is 0. The lowest BCUT2D eigenvalue weighted by Crippen LogP contribution is -2.67. The van der Waals surface area contributed by atoms with Gasteiger partial charge in [0.2, 0.25) is 5.91 Å². The van der Waals surface area contributed by atoms with Crippen molar-refractivity contribution in [2.45, 2.75) is 159 Å². The largest absolute Gasteiger partial charge is 0.462 e. The molecule has 0 aromatic carbocycles. The normalized spacial score (nSPS) is 25.4. The fourth-order valence-electron chi connectivity index (χ4n) is 4.88. The molecule has 48 heavy (non-hydrogen) atoms. The van der Waals surface area contributed by atoms with E-state index in [0.29, 0.717) is 0 Å². The van der Waals surface area contributed by atoms with Gasteiger partial charge in [-0.25, -0.2) is 0 Å². The Morgan fingerprint density at radius 3 is 1.65 bits per heavy atom. The van der Waals surface area contributed by atoms with Crippen LogP contribution in [0.4, 0.5) is 0 Å². The average molecular weight is 680 g/mol. The van der Waals surface area contributed by atoms with E-state index < -0.39 is 76.2 Å². The summed E-state index contributed by atoms with van der Waals surface area (Å²) in [4.78, 5) is 68.4. The summed E-state index contributed by atoms with van der Waals surface area (Å²) in [5.74, 6) is -2.70. The summed E-state index contributed by atoms with van der Waals surface area (Å²) in [6.07, 6.45) is 2.29. The van der Waals surface area contributed by atoms with Crippen molar-refractivity contribution in [2.24, 2.45) is 27.6 Å². The van der Waals surface area contributed by atoms with E-state index in [1.54, 1.807) is 89.3 Å². The number of carbonyl (C=O) groups is 5. The molecule has 1 fully saturated rings. The van der Waals surface area contributed by atoms with Crippen LogP contribution in [0.3, 0.4) is 0 Å². The zero-order valence-electron chi connectivity index (χ0n) is 31.6. The van der Waals surface area contributed by atoms with E-state index in [0.717, 1.165) is 32.1 Å². The zero-order chi connectivity index (χ0) is 36.8. The molecule has 2 rings (SSSR count). The Hall–Kier alpha value is -2.95. The molecule has 2 aliphatic rings. The molecular weight excluding hydrogens is 618 g/mol. The number of allylic oxidation sites excluding steroid dienone is 1. The fourth-order valence-corrected chi connectivity index (χ4v) is 4.88. The topological polar surface area (TPSA) is 135 Å². The Balaban J connectivity index is 2.70. The summed E-state index contributed by atoms with van der Waals surface area (Å²) in [6.45, 7) is 21.9. The molecule has 11 heteroatoms. The first-order valence-electron chi connectivity index (χ1n) is 17.3. The molecule has 1 amide bonds. The minimum Gasteiger partial charge on any atom is -0.462 e. The molecule has 1 saturated heterocycles. The molecular formula is C37H61NO10. The van der Waals surface area contributed by atoms with Gasteiger partial charge in [0, 0.05) is 12.6 Å². The van der Waals surface area contributed by atoms with Crippen molar-refractivity contribution in [3.05, 3.63) is 12.3 Å². The molecule has 0 aromatic rings. The van der Waals surface area contributed by atoms with Crippen LogP contribution >= 0.6 is 0 Å². The summed E-state index contributed by atoms with van der Waals surface area (Å²) < 4.78 is 30.3. The first-order valence-corrected chi connectivity index (χ1v) is 17.3. The number of hydrogen-bond donors (Lipinski definition) is 0. The average Bonchev–Trinajstić information content (AvgIpc) is 2.94. The number of unbranched alkanes of at least 4 members (excludes halogenated alkanes) is 3. The van der Waals surface area contributed by atoms with Gasteiger partial charge in [-0.15, -0.1) is 0 Å². The van der Waals surface area contributed by atoms with E-state index in [2.05, 4.69) is 6.92 Å². The van der Waals surface area contributed by atoms with Crippen molar-refractivity contribution in [3.63, 3.8) is 0 Å². The lowest BCUT2D eigenvalue weighted by atomic mass is 9.91. The number of rotatable bonds is 11. The van der Waals surface area contributed by atoms with Gasteiger partial charge in [0.05, 0.1) is 21.7 Å². The molecule has 0 N–H and O–H groups in total. The highest BCUT2D eigenvalue weighted by atomic mass is 16.7. The molecule has 0 aliphatic carbocycles. The zero-order valence-corrected chi connectivity index (χ0v) is 31.6. The van der Waals surface area contributed by atoms with Crippen LogP contribution in [0.5, 0.6) is 0 Å². The highest BCUT2D eigenvalue weighted by molar-refractivity contribution is 5.80. The first kappa shape index (κ1) is 41.2. The monoisotopic (exact) mass is 679 g/mol. The van der Waals surface area contributed by atoms with Crippen LogP contribution in [-0.2, 0) is 47.7 Å². The Kier molecular flexibility index (Phi) is 13.9. The van der Waals surface area contributed by atoms with Gasteiger partial charge in [0.15, 0.2) is 24.5 Å². The Labute approximate surface area is 287 Å². The SMILES string of the molecule is CCCCCC[C@H]1C=CN([C@@H]2O[C@H](COC(=O)C(C)(C)C)[C@H](OC(=O)C(C)(C)C)[C@H](OC(=O)C(C)(C)C)[C@H]2OC(=O)C(C)(C)C)C(=O)C1. The molecule has 274 valence electrons. The smallest absolute Gasteiger partial charge is 0.311 e. The summed E-state index contributed by atoms with van der Waals surface area (Å²) in [7, 11) is 0. The van der Waals surface area contributed by atoms with Gasteiger partial charge in [0.1, 0.15) is 12.7 Å². The van der Waals surface area contributed by atoms with E-state index in [-0.39, 0.29) is 24.9 Å². The van der Waals surface area contributed by atoms with Gasteiger partial charge in [-0.05, 0) is 95.4 Å². The number of amides is 1. The molecule has 0 bridgehead atoms. The van der Waals surface area contributed by atoms with Gasteiger partial charge in [0.25, 0.3) is 0 Å². The number of carbonyl (C=O) groups excluding carboxylic acids is 5. The predicted octanol–water partition coefficient (Wildman–Crippen LogP) is 6.51. The number of nitrogens with zero attached hydrogens (tertiary/aromatic N) is 1. The maximum absolute atomic E-state index is 13.8. The van der Waals surface area contributed by atoms with E-state index in [1.165, 1.54) is 4.90 Å². The fraction of sp³-hybridized carbons (Fsp3) is 0.811. The summed E-state index contributed by atoms with van der Waals surface area (Å²) >= 11 is 0. The van der Waals surface area contributed by atoms with Crippen molar-refractivity contribution in [2.75, 3.05) is 6.61 Å². The summed E-state index contributed by atoms with van der Waals surface area (Å²) in [5.41, 5.74) is -3.81. The first-order chi connectivity index (χ1) is 21.9. The Bertz CT molecular complexity index is 1180. The quantitative estimate of drug-likeness (QED) is 0.135. The minimum absolute atomic E-state index is 0.0308. The van der Waals surface area contributed by atoms with Crippen LogP contribution in [-0.4, -0.2) is 71.9 Å². The molecule has 0 aromatic heterocycles. The third kappa shape index (κ3) is 11.6. The van der Waals surface area contributed by atoms with Crippen molar-refractivity contribution in [3.8, 4) is 0 Å². The van der Waals surface area contributed by atoms with Gasteiger partial charge >= 0.3 is 23.9 Å². The molecule has 0 spiro atoms. The number of ether oxygens (including phenoxy) is 5. The maximum Gasteiger partial charge on any atom is 0.311 e. The molecule has 2 aliphatic heterocycles. The number of esters is 4. The molecule has 11 nitrogen and oxygen atoms in total. The van der Waals surface area contributed by atoms with E-state index in [4.69, 9.17) is 23.7 Å². The molecule has 0 radical (unpaired) electrons. The second-order valence-electron chi connectivity index (χ2n) is 17.2. The standard InChI is InChI=1S/C37H61NO10/c1-14-15-16-17-18-23-19-20-38(25(39)21-23)29-28(48-33(43)37(11,12)13)27(47-32(42)36(8,9)10)26(46-31(41)35(5,6)7)24(45-29)22-44-30(40)34(2,3)4/h19-20,23-24,26-29H,14-18,21-22H2,1-13H3/t23-,24+,26-,27-,28+,29+/m0/s1. The van der Waals surface area contributed by atoms with E-state index >= 15 is 0 Å². The second-order valence-corrected chi connectivity index (χ2v) is 17.2. The van der Waals surface area contributed by atoms with E-state index in [9.17, 15) is 24.0 Å².